The number of aromatic nitrogens is 4. The van der Waals surface area contributed by atoms with E-state index in [1.54, 1.807) is 6.07 Å². The number of hydrogen-bond acceptors (Lipinski definition) is 4. The molecular weight excluding hydrogens is 980 g/mol. The van der Waals surface area contributed by atoms with E-state index in [1.165, 1.54) is 27.7 Å². The summed E-state index contributed by atoms with van der Waals surface area (Å²) in [4.78, 5) is 14.5. The maximum atomic E-state index is 14.0. The average molecular weight is 1030 g/mol. The molecule has 0 atom stereocenters. The Balaban J connectivity index is 0.000000226. The third-order valence-corrected chi connectivity index (χ3v) is 15.1. The van der Waals surface area contributed by atoms with Crippen molar-refractivity contribution < 1.29 is 30.3 Å². The number of nitrogens with zero attached hydrogens (tertiary/aromatic N) is 4. The van der Waals surface area contributed by atoms with Gasteiger partial charge in [0.2, 0.25) is 5.71 Å². The number of benzene rings is 5. The minimum absolute atomic E-state index is 0. The molecule has 0 aliphatic heterocycles. The van der Waals surface area contributed by atoms with E-state index in [0.29, 0.717) is 22.7 Å². The number of pyridine rings is 2. The molecule has 0 aliphatic rings. The SMILES string of the molecule is CC(C)c1cccc(C(C)(C)C)c1-n1c(-c2[c-]ccc3c2oc2nc4ccc(F)cc4cc23)nc2ccccc21.[2H]C(C)(C)c1cc(-c2[c-]cccc2)nc[c]1[Ge]([CH3])([CH3])[CH3].[Ir]. The Morgan fingerprint density at radius 3 is 2.25 bits per heavy atom. The van der Waals surface area contributed by atoms with Crippen molar-refractivity contribution in [2.45, 2.75) is 83.0 Å². The van der Waals surface area contributed by atoms with Gasteiger partial charge in [0.15, 0.2) is 0 Å². The standard InChI is InChI=1S/C35H29FN3O.C17H22GeN.Ir/c1-20(2)23-10-9-13-27(35(3,4)5)31(23)39-30-15-7-6-14-29(30)37-33(39)25-12-8-11-24-26-19-21-18-22(36)16-17-28(21)38-34(26)40-32(24)25;1-13(2)15-11-17(14-9-7-6-8-10-14)19-12-16(15)18(3,4)5;/h6-11,13-20H,1-5H3;6-9,11-13H,1-5H3;/q2*-1;/i;13D;. The molecule has 0 bridgehead atoms. The smallest absolute Gasteiger partial charge is 0 e. The summed E-state index contributed by atoms with van der Waals surface area (Å²) in [6, 6.07) is 41.9. The van der Waals surface area contributed by atoms with Crippen molar-refractivity contribution in [2.24, 2.45) is 0 Å². The van der Waals surface area contributed by atoms with E-state index in [-0.39, 0.29) is 31.3 Å². The van der Waals surface area contributed by atoms with E-state index in [4.69, 9.17) is 15.8 Å². The summed E-state index contributed by atoms with van der Waals surface area (Å²) < 4.78 is 32.5. The molecule has 5 nitrogen and oxygen atoms in total. The van der Waals surface area contributed by atoms with E-state index >= 15 is 0 Å². The van der Waals surface area contributed by atoms with Gasteiger partial charge in [0.1, 0.15) is 5.82 Å². The van der Waals surface area contributed by atoms with Crippen LogP contribution in [-0.4, -0.2) is 32.8 Å². The van der Waals surface area contributed by atoms with Crippen molar-refractivity contribution in [2.75, 3.05) is 0 Å². The predicted molar refractivity (Wildman–Crippen MR) is 246 cm³/mol. The Bertz CT molecular complexity index is 3050. The minimum Gasteiger partial charge on any atom is 0 e. The van der Waals surface area contributed by atoms with Crippen molar-refractivity contribution in [3.05, 3.63) is 150 Å². The van der Waals surface area contributed by atoms with E-state index in [0.717, 1.165) is 61.1 Å². The maximum absolute atomic E-state index is 14.0. The number of para-hydroxylation sites is 3. The molecule has 0 aliphatic carbocycles. The third-order valence-electron chi connectivity index (χ3n) is 10.9. The Kier molecular flexibility index (Phi) is 11.7. The Labute approximate surface area is 370 Å². The zero-order valence-corrected chi connectivity index (χ0v) is 40.4. The van der Waals surface area contributed by atoms with Crippen LogP contribution in [0.1, 0.15) is 78.3 Å². The summed E-state index contributed by atoms with van der Waals surface area (Å²) in [5.74, 6) is 7.22. The average Bonchev–Trinajstić information content (AvgIpc) is 3.77. The van der Waals surface area contributed by atoms with Crippen LogP contribution in [-0.2, 0) is 25.5 Å². The summed E-state index contributed by atoms with van der Waals surface area (Å²) in [5, 5.41) is 2.47. The first kappa shape index (κ1) is 41.8. The molecule has 9 rings (SSSR count). The molecular formula is C52H51FGeIrN4O-2. The molecule has 5 aromatic carbocycles. The Morgan fingerprint density at radius 2 is 1.55 bits per heavy atom. The molecule has 9 aromatic rings. The first-order valence-electron chi connectivity index (χ1n) is 20.8. The summed E-state index contributed by atoms with van der Waals surface area (Å²) in [6.07, 6.45) is 2.00. The second-order valence-electron chi connectivity index (χ2n) is 17.9. The van der Waals surface area contributed by atoms with E-state index in [1.807, 2.05) is 74.6 Å². The second kappa shape index (κ2) is 16.8. The van der Waals surface area contributed by atoms with Gasteiger partial charge in [-0.2, -0.15) is 0 Å². The second-order valence-corrected chi connectivity index (χ2v) is 28.5. The zero-order valence-electron chi connectivity index (χ0n) is 37.0. The predicted octanol–water partition coefficient (Wildman–Crippen LogP) is 13.7. The topological polar surface area (TPSA) is 56.7 Å². The van der Waals surface area contributed by atoms with Gasteiger partial charge >= 0.3 is 120 Å². The van der Waals surface area contributed by atoms with Gasteiger partial charge < -0.3 is 8.98 Å². The monoisotopic (exact) mass is 1030 g/mol. The van der Waals surface area contributed by atoms with Crippen molar-refractivity contribution in [1.29, 1.82) is 0 Å². The normalized spacial score (nSPS) is 12.5. The Hall–Kier alpha value is -4.95. The van der Waals surface area contributed by atoms with Gasteiger partial charge in [-0.3, -0.25) is 4.98 Å². The van der Waals surface area contributed by atoms with Crippen molar-refractivity contribution >= 4 is 61.7 Å². The van der Waals surface area contributed by atoms with Crippen LogP contribution in [0.5, 0.6) is 0 Å². The van der Waals surface area contributed by atoms with Crippen LogP contribution in [0.2, 0.25) is 17.3 Å². The molecule has 1 radical (unpaired) electrons. The first-order chi connectivity index (χ1) is 28.4. The van der Waals surface area contributed by atoms with Crippen LogP contribution in [0.3, 0.4) is 0 Å². The maximum Gasteiger partial charge on any atom is 0 e. The van der Waals surface area contributed by atoms with Crippen LogP contribution < -0.4 is 4.40 Å². The minimum atomic E-state index is -2.03. The molecule has 0 spiro atoms. The quantitative estimate of drug-likeness (QED) is 0.123. The fourth-order valence-corrected chi connectivity index (χ4v) is 11.3. The number of furan rings is 1. The molecule has 60 heavy (non-hydrogen) atoms. The van der Waals surface area contributed by atoms with Gasteiger partial charge in [-0.05, 0) is 58.9 Å². The molecule has 8 heteroatoms. The summed E-state index contributed by atoms with van der Waals surface area (Å²) in [5.41, 5.74) is 11.1. The van der Waals surface area contributed by atoms with Gasteiger partial charge in [0.05, 0.1) is 28.0 Å². The molecule has 4 aromatic heterocycles. The first-order valence-corrected chi connectivity index (χ1v) is 27.7. The van der Waals surface area contributed by atoms with Gasteiger partial charge in [0, 0.05) is 36.6 Å². The molecule has 307 valence electrons. The van der Waals surface area contributed by atoms with E-state index in [2.05, 4.69) is 110 Å². The molecule has 0 saturated heterocycles. The number of fused-ring (bicyclic) bond motifs is 5. The largest absolute Gasteiger partial charge is 0 e. The Morgan fingerprint density at radius 1 is 0.783 bits per heavy atom. The number of imidazole rings is 1. The van der Waals surface area contributed by atoms with Crippen molar-refractivity contribution in [3.63, 3.8) is 0 Å². The van der Waals surface area contributed by atoms with E-state index in [9.17, 15) is 4.39 Å². The fourth-order valence-electron chi connectivity index (χ4n) is 7.93. The van der Waals surface area contributed by atoms with Crippen LogP contribution in [0.25, 0.3) is 72.3 Å². The third kappa shape index (κ3) is 8.24. The number of halogens is 1. The molecule has 0 N–H and O–H groups in total. The molecule has 0 fully saturated rings. The van der Waals surface area contributed by atoms with Crippen LogP contribution in [0.15, 0.2) is 120 Å². The van der Waals surface area contributed by atoms with Crippen LogP contribution in [0, 0.1) is 17.9 Å². The molecule has 0 saturated carbocycles. The van der Waals surface area contributed by atoms with Gasteiger partial charge in [-0.25, -0.2) is 9.37 Å². The summed E-state index contributed by atoms with van der Waals surface area (Å²) in [7, 11) is 0. The van der Waals surface area contributed by atoms with Crippen molar-refractivity contribution in [3.8, 4) is 28.3 Å². The van der Waals surface area contributed by atoms with Gasteiger partial charge in [-0.1, -0.05) is 75.9 Å². The summed E-state index contributed by atoms with van der Waals surface area (Å²) in [6.45, 7) is 15.1. The fraction of sp³-hybridized carbons (Fsp3) is 0.250. The number of rotatable bonds is 6. The van der Waals surface area contributed by atoms with E-state index < -0.39 is 19.2 Å². The number of hydrogen-bond donors (Lipinski definition) is 0. The molecule has 0 unspecified atom stereocenters. The van der Waals surface area contributed by atoms with Crippen LogP contribution in [0.4, 0.5) is 4.39 Å². The summed E-state index contributed by atoms with van der Waals surface area (Å²) >= 11 is -2.03. The van der Waals surface area contributed by atoms with Crippen LogP contribution >= 0.6 is 0 Å². The molecule has 4 heterocycles. The zero-order chi connectivity index (χ0) is 42.7. The van der Waals surface area contributed by atoms with Crippen molar-refractivity contribution in [1.82, 2.24) is 19.5 Å². The molecule has 0 amide bonds. The van der Waals surface area contributed by atoms with Gasteiger partial charge in [-0.15, -0.1) is 18.2 Å². The van der Waals surface area contributed by atoms with Gasteiger partial charge in [0.25, 0.3) is 0 Å².